The predicted molar refractivity (Wildman–Crippen MR) is 85.6 cm³/mol. The minimum atomic E-state index is -0.165. The Labute approximate surface area is 132 Å². The molecule has 0 aliphatic carbocycles. The van der Waals surface area contributed by atoms with Crippen molar-refractivity contribution >= 4 is 17.2 Å². The fourth-order valence-electron chi connectivity index (χ4n) is 1.96. The molecule has 2 aromatic heterocycles. The number of nitrogens with zero attached hydrogens (tertiary/aromatic N) is 3. The quantitative estimate of drug-likeness (QED) is 0.786. The Morgan fingerprint density at radius 2 is 2.05 bits per heavy atom. The molecule has 110 valence electrons. The summed E-state index contributed by atoms with van der Waals surface area (Å²) in [6.45, 7) is 0.584. The van der Waals surface area contributed by atoms with Crippen LogP contribution >= 0.6 is 11.3 Å². The molecule has 0 bridgehead atoms. The molecule has 0 aliphatic heterocycles. The van der Waals surface area contributed by atoms with Crippen molar-refractivity contribution in [1.29, 1.82) is 0 Å². The smallest absolute Gasteiger partial charge is 0.270 e. The van der Waals surface area contributed by atoms with Crippen molar-refractivity contribution in [3.63, 3.8) is 0 Å². The number of hydrogen-bond acceptors (Lipinski definition) is 5. The molecule has 0 spiro atoms. The van der Waals surface area contributed by atoms with Gasteiger partial charge in [0.1, 0.15) is 16.4 Å². The van der Waals surface area contributed by atoms with Crippen LogP contribution in [0.3, 0.4) is 0 Å². The fourth-order valence-corrected chi connectivity index (χ4v) is 2.72. The molecule has 5 nitrogen and oxygen atoms in total. The van der Waals surface area contributed by atoms with E-state index in [1.807, 2.05) is 30.3 Å². The number of amides is 1. The van der Waals surface area contributed by atoms with E-state index in [-0.39, 0.29) is 5.91 Å². The highest BCUT2D eigenvalue weighted by atomic mass is 32.1. The van der Waals surface area contributed by atoms with Crippen molar-refractivity contribution < 1.29 is 4.79 Å². The van der Waals surface area contributed by atoms with Gasteiger partial charge in [-0.15, -0.1) is 11.3 Å². The molecule has 1 amide bonds. The van der Waals surface area contributed by atoms with E-state index >= 15 is 0 Å². The van der Waals surface area contributed by atoms with Gasteiger partial charge in [-0.3, -0.25) is 14.8 Å². The van der Waals surface area contributed by atoms with Crippen molar-refractivity contribution in [2.75, 3.05) is 6.54 Å². The van der Waals surface area contributed by atoms with E-state index < -0.39 is 0 Å². The van der Waals surface area contributed by atoms with Gasteiger partial charge < -0.3 is 5.32 Å². The molecular formula is C16H14N4OS. The van der Waals surface area contributed by atoms with Crippen molar-refractivity contribution in [3.05, 3.63) is 65.6 Å². The summed E-state index contributed by atoms with van der Waals surface area (Å²) in [5.74, 6) is -0.165. The summed E-state index contributed by atoms with van der Waals surface area (Å²) in [5.41, 5.74) is 2.29. The van der Waals surface area contributed by atoms with Crippen LogP contribution in [0.2, 0.25) is 0 Å². The molecule has 2 heterocycles. The number of rotatable bonds is 5. The second-order valence-corrected chi connectivity index (χ2v) is 5.48. The lowest BCUT2D eigenvalue weighted by Crippen LogP contribution is -2.25. The molecule has 0 saturated carbocycles. The summed E-state index contributed by atoms with van der Waals surface area (Å²) in [5, 5.41) is 5.32. The van der Waals surface area contributed by atoms with Gasteiger partial charge in [0, 0.05) is 24.3 Å². The second-order valence-electron chi connectivity index (χ2n) is 4.62. The summed E-state index contributed by atoms with van der Waals surface area (Å²) < 4.78 is 0. The Morgan fingerprint density at radius 1 is 1.18 bits per heavy atom. The zero-order chi connectivity index (χ0) is 15.2. The molecule has 3 aromatic rings. The third-order valence-corrected chi connectivity index (χ3v) is 3.93. The molecule has 0 radical (unpaired) electrons. The molecule has 0 unspecified atom stereocenters. The molecule has 22 heavy (non-hydrogen) atoms. The molecule has 6 heteroatoms. The molecular weight excluding hydrogens is 296 g/mol. The van der Waals surface area contributed by atoms with Crippen molar-refractivity contribution in [1.82, 2.24) is 20.3 Å². The van der Waals surface area contributed by atoms with Crippen LogP contribution in [0.25, 0.3) is 10.7 Å². The van der Waals surface area contributed by atoms with Gasteiger partial charge in [-0.1, -0.05) is 30.3 Å². The fraction of sp³-hybridized carbons (Fsp3) is 0.125. The Bertz CT molecular complexity index is 743. The molecule has 1 aromatic carbocycles. The highest BCUT2D eigenvalue weighted by Crippen LogP contribution is 2.20. The van der Waals surface area contributed by atoms with E-state index in [0.717, 1.165) is 6.42 Å². The molecule has 0 fully saturated rings. The number of hydrogen-bond donors (Lipinski definition) is 1. The van der Waals surface area contributed by atoms with E-state index in [0.29, 0.717) is 22.9 Å². The Balaban J connectivity index is 1.58. The molecule has 1 N–H and O–H groups in total. The van der Waals surface area contributed by atoms with Crippen LogP contribution in [0.5, 0.6) is 0 Å². The largest absolute Gasteiger partial charge is 0.350 e. The summed E-state index contributed by atoms with van der Waals surface area (Å²) in [7, 11) is 0. The van der Waals surface area contributed by atoms with E-state index in [2.05, 4.69) is 20.3 Å². The summed E-state index contributed by atoms with van der Waals surface area (Å²) in [6, 6.07) is 10.0. The minimum Gasteiger partial charge on any atom is -0.350 e. The maximum Gasteiger partial charge on any atom is 0.270 e. The lowest BCUT2D eigenvalue weighted by atomic mass is 10.1. The predicted octanol–water partition coefficient (Wildman–Crippen LogP) is 2.57. The Hall–Kier alpha value is -2.60. The van der Waals surface area contributed by atoms with Gasteiger partial charge in [0.2, 0.25) is 0 Å². The number of nitrogens with one attached hydrogen (secondary N) is 1. The van der Waals surface area contributed by atoms with E-state index in [1.54, 1.807) is 24.0 Å². The lowest BCUT2D eigenvalue weighted by Gasteiger charge is -2.03. The van der Waals surface area contributed by atoms with Gasteiger partial charge in [0.25, 0.3) is 5.91 Å². The second kappa shape index (κ2) is 6.91. The first kappa shape index (κ1) is 14.3. The van der Waals surface area contributed by atoms with Crippen LogP contribution in [0.1, 0.15) is 16.1 Å². The number of carbonyl (C=O) groups is 1. The number of aromatic nitrogens is 3. The van der Waals surface area contributed by atoms with Gasteiger partial charge in [0.15, 0.2) is 0 Å². The summed E-state index contributed by atoms with van der Waals surface area (Å²) >= 11 is 1.39. The van der Waals surface area contributed by atoms with Gasteiger partial charge in [0.05, 0.1) is 6.20 Å². The normalized spacial score (nSPS) is 10.4. The van der Waals surface area contributed by atoms with Crippen LogP contribution < -0.4 is 5.32 Å². The summed E-state index contributed by atoms with van der Waals surface area (Å²) in [4.78, 5) is 24.6. The standard InChI is InChI=1S/C16H14N4OS/c21-15(19-7-6-12-4-2-1-3-5-12)14-11-22-16(20-14)13-10-17-8-9-18-13/h1-5,8-11H,6-7H2,(H,19,21). The Kier molecular flexibility index (Phi) is 4.50. The van der Waals surface area contributed by atoms with Crippen molar-refractivity contribution in [3.8, 4) is 10.7 Å². The van der Waals surface area contributed by atoms with Crippen molar-refractivity contribution in [2.45, 2.75) is 6.42 Å². The average Bonchev–Trinajstić information content (AvgIpc) is 3.07. The van der Waals surface area contributed by atoms with Crippen LogP contribution in [0.15, 0.2) is 54.3 Å². The van der Waals surface area contributed by atoms with Crippen molar-refractivity contribution in [2.24, 2.45) is 0 Å². The van der Waals surface area contributed by atoms with Crippen LogP contribution in [0.4, 0.5) is 0 Å². The average molecular weight is 310 g/mol. The number of carbonyl (C=O) groups excluding carboxylic acids is 1. The maximum absolute atomic E-state index is 12.1. The molecule has 3 rings (SSSR count). The zero-order valence-corrected chi connectivity index (χ0v) is 12.6. The molecule has 0 aliphatic rings. The first-order valence-electron chi connectivity index (χ1n) is 6.87. The SMILES string of the molecule is O=C(NCCc1ccccc1)c1csc(-c2cnccn2)n1. The lowest BCUT2D eigenvalue weighted by molar-refractivity contribution is 0.0950. The molecule has 0 saturated heterocycles. The molecule has 0 atom stereocenters. The number of thiazole rings is 1. The third-order valence-electron chi connectivity index (χ3n) is 3.06. The highest BCUT2D eigenvalue weighted by Gasteiger charge is 2.12. The van der Waals surface area contributed by atoms with Crippen LogP contribution in [-0.2, 0) is 6.42 Å². The van der Waals surface area contributed by atoms with Gasteiger partial charge in [-0.05, 0) is 12.0 Å². The first-order chi connectivity index (χ1) is 10.8. The van der Waals surface area contributed by atoms with Gasteiger partial charge in [-0.25, -0.2) is 4.98 Å². The minimum absolute atomic E-state index is 0.165. The van der Waals surface area contributed by atoms with Crippen LogP contribution in [-0.4, -0.2) is 27.4 Å². The first-order valence-corrected chi connectivity index (χ1v) is 7.75. The maximum atomic E-state index is 12.1. The van der Waals surface area contributed by atoms with E-state index in [4.69, 9.17) is 0 Å². The van der Waals surface area contributed by atoms with Gasteiger partial charge in [-0.2, -0.15) is 0 Å². The van der Waals surface area contributed by atoms with E-state index in [9.17, 15) is 4.79 Å². The Morgan fingerprint density at radius 3 is 2.82 bits per heavy atom. The highest BCUT2D eigenvalue weighted by molar-refractivity contribution is 7.13. The topological polar surface area (TPSA) is 67.8 Å². The van der Waals surface area contributed by atoms with E-state index in [1.165, 1.54) is 16.9 Å². The van der Waals surface area contributed by atoms with Crippen LogP contribution in [0, 0.1) is 0 Å². The monoisotopic (exact) mass is 310 g/mol. The third kappa shape index (κ3) is 3.53. The zero-order valence-electron chi connectivity index (χ0n) is 11.8. The number of benzene rings is 1. The summed E-state index contributed by atoms with van der Waals surface area (Å²) in [6.07, 6.45) is 5.65. The van der Waals surface area contributed by atoms with Gasteiger partial charge >= 0.3 is 0 Å².